The van der Waals surface area contributed by atoms with Gasteiger partial charge in [0, 0.05) is 13.0 Å². The van der Waals surface area contributed by atoms with Crippen molar-refractivity contribution in [2.45, 2.75) is 97.4 Å². The summed E-state index contributed by atoms with van der Waals surface area (Å²) in [6.45, 7) is 14.2. The molecule has 29 heavy (non-hydrogen) atoms. The molecule has 3 saturated carbocycles. The van der Waals surface area contributed by atoms with Crippen molar-refractivity contribution in [3.05, 3.63) is 35.5 Å². The van der Waals surface area contributed by atoms with Crippen molar-refractivity contribution in [3.8, 4) is 0 Å². The molecule has 0 radical (unpaired) electrons. The zero-order valence-corrected chi connectivity index (χ0v) is 19.0. The Kier molecular flexibility index (Phi) is 7.46. The highest BCUT2D eigenvalue weighted by Crippen LogP contribution is 2.58. The van der Waals surface area contributed by atoms with Gasteiger partial charge in [0.05, 0.1) is 18.3 Å². The van der Waals surface area contributed by atoms with Crippen LogP contribution < -0.4 is 0 Å². The Labute approximate surface area is 177 Å². The second-order valence-corrected chi connectivity index (χ2v) is 10.4. The van der Waals surface area contributed by atoms with E-state index < -0.39 is 12.2 Å². The van der Waals surface area contributed by atoms with Crippen LogP contribution in [0.3, 0.4) is 0 Å². The molecule has 0 unspecified atom stereocenters. The Hall–Kier alpha value is -0.900. The maximum atomic E-state index is 10.1. The number of aliphatic hydroxyl groups excluding tert-OH is 2. The third kappa shape index (κ3) is 5.06. The molecule has 3 aliphatic carbocycles. The van der Waals surface area contributed by atoms with E-state index in [1.54, 1.807) is 5.57 Å². The molecule has 3 rings (SSSR count). The van der Waals surface area contributed by atoms with Crippen LogP contribution in [0.2, 0.25) is 0 Å². The largest absolute Gasteiger partial charge is 0.393 e. The topological polar surface area (TPSA) is 49.7 Å². The predicted molar refractivity (Wildman–Crippen MR) is 120 cm³/mol. The van der Waals surface area contributed by atoms with E-state index in [-0.39, 0.29) is 0 Å². The first kappa shape index (κ1) is 22.8. The summed E-state index contributed by atoms with van der Waals surface area (Å²) < 4.78 is 6.28. The van der Waals surface area contributed by atoms with Gasteiger partial charge in [-0.25, -0.2) is 0 Å². The van der Waals surface area contributed by atoms with Crippen LogP contribution in [0.5, 0.6) is 0 Å². The van der Waals surface area contributed by atoms with Crippen LogP contribution in [0, 0.1) is 23.2 Å². The van der Waals surface area contributed by atoms with E-state index in [1.807, 2.05) is 0 Å². The van der Waals surface area contributed by atoms with E-state index in [2.05, 4.69) is 46.4 Å². The first-order chi connectivity index (χ1) is 13.7. The molecule has 0 spiro atoms. The van der Waals surface area contributed by atoms with Crippen LogP contribution in [-0.4, -0.2) is 35.1 Å². The Bertz CT molecular complexity index is 646. The Morgan fingerprint density at radius 3 is 2.69 bits per heavy atom. The van der Waals surface area contributed by atoms with Gasteiger partial charge in [0.2, 0.25) is 0 Å². The van der Waals surface area contributed by atoms with Crippen LogP contribution in [0.4, 0.5) is 0 Å². The SMILES string of the molecule is C=C1C(=CC=C2CCC[C@]3(C)[C@@H]([C@H](C)OCCC(C)C)CC[C@@H]23)C[C@@H](O)C[C@@H]1O. The number of rotatable bonds is 6. The van der Waals surface area contributed by atoms with Crippen LogP contribution in [0.1, 0.15) is 79.1 Å². The van der Waals surface area contributed by atoms with Gasteiger partial charge in [0.15, 0.2) is 0 Å². The molecule has 3 nitrogen and oxygen atoms in total. The lowest BCUT2D eigenvalue weighted by Crippen LogP contribution is -2.38. The summed E-state index contributed by atoms with van der Waals surface area (Å²) in [4.78, 5) is 0. The van der Waals surface area contributed by atoms with Gasteiger partial charge in [-0.05, 0) is 86.2 Å². The smallest absolute Gasteiger partial charge is 0.0811 e. The summed E-state index contributed by atoms with van der Waals surface area (Å²) in [5.74, 6) is 1.95. The lowest BCUT2D eigenvalue weighted by molar-refractivity contribution is -0.0279. The molecule has 0 aromatic carbocycles. The summed E-state index contributed by atoms with van der Waals surface area (Å²) in [6.07, 6.45) is 12.0. The van der Waals surface area contributed by atoms with Crippen molar-refractivity contribution in [2.24, 2.45) is 23.2 Å². The van der Waals surface area contributed by atoms with Gasteiger partial charge in [-0.15, -0.1) is 0 Å². The third-order valence-electron chi connectivity index (χ3n) is 7.94. The van der Waals surface area contributed by atoms with Gasteiger partial charge in [0.1, 0.15) is 0 Å². The fraction of sp³-hybridized carbons (Fsp3) is 0.769. The molecule has 0 heterocycles. The van der Waals surface area contributed by atoms with E-state index in [9.17, 15) is 10.2 Å². The highest BCUT2D eigenvalue weighted by atomic mass is 16.5. The van der Waals surface area contributed by atoms with E-state index in [0.717, 1.165) is 30.6 Å². The van der Waals surface area contributed by atoms with Gasteiger partial charge in [-0.1, -0.05) is 45.1 Å². The fourth-order valence-electron chi connectivity index (χ4n) is 6.12. The molecule has 0 aromatic heterocycles. The lowest BCUT2D eigenvalue weighted by Gasteiger charge is -2.44. The van der Waals surface area contributed by atoms with Gasteiger partial charge in [-0.2, -0.15) is 0 Å². The molecule has 6 atom stereocenters. The molecule has 0 bridgehead atoms. The quantitative estimate of drug-likeness (QED) is 0.610. The number of fused-ring (bicyclic) bond motifs is 1. The Morgan fingerprint density at radius 2 is 1.97 bits per heavy atom. The Balaban J connectivity index is 1.71. The van der Waals surface area contributed by atoms with E-state index in [0.29, 0.717) is 42.1 Å². The second-order valence-electron chi connectivity index (χ2n) is 10.4. The van der Waals surface area contributed by atoms with Gasteiger partial charge >= 0.3 is 0 Å². The molecule has 0 aromatic rings. The average molecular weight is 403 g/mol. The first-order valence-corrected chi connectivity index (χ1v) is 11.8. The molecule has 0 amide bonds. The van der Waals surface area contributed by atoms with E-state index in [4.69, 9.17) is 4.74 Å². The third-order valence-corrected chi connectivity index (χ3v) is 7.94. The fourth-order valence-corrected chi connectivity index (χ4v) is 6.12. The minimum Gasteiger partial charge on any atom is -0.393 e. The molecule has 0 saturated heterocycles. The van der Waals surface area contributed by atoms with Crippen molar-refractivity contribution < 1.29 is 14.9 Å². The number of hydrogen-bond donors (Lipinski definition) is 2. The normalized spacial score (nSPS) is 39.3. The summed E-state index contributed by atoms with van der Waals surface area (Å²) >= 11 is 0. The van der Waals surface area contributed by atoms with Gasteiger partial charge in [0.25, 0.3) is 0 Å². The number of hydrogen-bond acceptors (Lipinski definition) is 3. The van der Waals surface area contributed by atoms with E-state index in [1.165, 1.54) is 25.7 Å². The summed E-state index contributed by atoms with van der Waals surface area (Å²) in [6, 6.07) is 0. The number of allylic oxidation sites excluding steroid dienone is 3. The second kappa shape index (κ2) is 9.49. The molecular weight excluding hydrogens is 360 g/mol. The van der Waals surface area contributed by atoms with Crippen LogP contribution in [-0.2, 0) is 4.74 Å². The monoisotopic (exact) mass is 402 g/mol. The standard InChI is InChI=1S/C26H42O3/c1-17(2)12-14-29-19(4)23-10-11-24-20(7-6-13-26(23,24)5)8-9-21-15-22(27)16-25(28)18(21)3/h8-9,17,19,22-25,27-28H,3,6-7,10-16H2,1-2,4-5H3/t19-,22+,23+,24-,25-,26+/m0/s1. The Morgan fingerprint density at radius 1 is 1.21 bits per heavy atom. The van der Waals surface area contributed by atoms with Crippen molar-refractivity contribution in [3.63, 3.8) is 0 Å². The molecule has 2 N–H and O–H groups in total. The lowest BCUT2D eigenvalue weighted by atomic mass is 9.62. The number of aliphatic hydroxyl groups is 2. The van der Waals surface area contributed by atoms with Crippen molar-refractivity contribution in [1.82, 2.24) is 0 Å². The predicted octanol–water partition coefficient (Wildman–Crippen LogP) is 5.58. The highest BCUT2D eigenvalue weighted by molar-refractivity contribution is 5.38. The molecule has 3 aliphatic rings. The number of ether oxygens (including phenoxy) is 1. The van der Waals surface area contributed by atoms with E-state index >= 15 is 0 Å². The van der Waals surface area contributed by atoms with Crippen LogP contribution in [0.25, 0.3) is 0 Å². The van der Waals surface area contributed by atoms with Crippen molar-refractivity contribution >= 4 is 0 Å². The van der Waals surface area contributed by atoms with Gasteiger partial charge in [-0.3, -0.25) is 0 Å². The molecule has 3 fully saturated rings. The minimum absolute atomic E-state index is 0.322. The minimum atomic E-state index is -0.611. The summed E-state index contributed by atoms with van der Waals surface area (Å²) in [5.41, 5.74) is 3.66. The van der Waals surface area contributed by atoms with Crippen molar-refractivity contribution in [1.29, 1.82) is 0 Å². The maximum absolute atomic E-state index is 10.1. The molecule has 164 valence electrons. The molecular formula is C26H42O3. The van der Waals surface area contributed by atoms with Crippen LogP contribution >= 0.6 is 0 Å². The zero-order valence-electron chi connectivity index (χ0n) is 19.0. The summed E-state index contributed by atoms with van der Waals surface area (Å²) in [5, 5.41) is 20.1. The highest BCUT2D eigenvalue weighted by Gasteiger charge is 2.51. The van der Waals surface area contributed by atoms with Crippen LogP contribution in [0.15, 0.2) is 35.5 Å². The maximum Gasteiger partial charge on any atom is 0.0811 e. The molecule has 0 aliphatic heterocycles. The van der Waals surface area contributed by atoms with Crippen molar-refractivity contribution in [2.75, 3.05) is 6.61 Å². The average Bonchev–Trinajstić information content (AvgIpc) is 3.00. The summed E-state index contributed by atoms with van der Waals surface area (Å²) in [7, 11) is 0. The zero-order chi connectivity index (χ0) is 21.2. The molecule has 3 heteroatoms. The first-order valence-electron chi connectivity index (χ1n) is 11.8. The van der Waals surface area contributed by atoms with Gasteiger partial charge < -0.3 is 14.9 Å².